The van der Waals surface area contributed by atoms with E-state index in [4.69, 9.17) is 5.73 Å². The van der Waals surface area contributed by atoms with Gasteiger partial charge < -0.3 is 15.8 Å². The number of hydrogen-bond donors (Lipinski definition) is 3. The molecule has 3 aromatic rings. The number of aromatic carboxylic acids is 1. The quantitative estimate of drug-likeness (QED) is 0.689. The van der Waals surface area contributed by atoms with E-state index in [1.54, 1.807) is 0 Å². The van der Waals surface area contributed by atoms with E-state index < -0.39 is 5.97 Å². The van der Waals surface area contributed by atoms with Crippen LogP contribution in [0.4, 0.5) is 0 Å². The Morgan fingerprint density at radius 3 is 2.62 bits per heavy atom. The number of rotatable bonds is 4. The second kappa shape index (κ2) is 5.63. The molecule has 0 spiro atoms. The van der Waals surface area contributed by atoms with Crippen LogP contribution in [0.25, 0.3) is 10.9 Å². The molecule has 21 heavy (non-hydrogen) atoms. The maximum atomic E-state index is 11.5. The van der Waals surface area contributed by atoms with Crippen LogP contribution in [0.3, 0.4) is 0 Å². The highest BCUT2D eigenvalue weighted by atomic mass is 32.2. The van der Waals surface area contributed by atoms with E-state index in [0.29, 0.717) is 6.54 Å². The van der Waals surface area contributed by atoms with Crippen LogP contribution in [0.1, 0.15) is 16.1 Å². The molecule has 0 atom stereocenters. The number of nitrogens with two attached hydrogens (primary N) is 1. The molecule has 1 aromatic heterocycles. The van der Waals surface area contributed by atoms with Crippen molar-refractivity contribution in [1.29, 1.82) is 0 Å². The molecule has 0 bridgehead atoms. The van der Waals surface area contributed by atoms with Gasteiger partial charge in [0, 0.05) is 22.3 Å². The fraction of sp³-hybridized carbons (Fsp3) is 0.0625. The molecular weight excluding hydrogens is 284 g/mol. The smallest absolute Gasteiger partial charge is 0.353 e. The second-order valence-corrected chi connectivity index (χ2v) is 5.72. The number of H-pyrrole nitrogens is 1. The molecule has 106 valence electrons. The lowest BCUT2D eigenvalue weighted by Crippen LogP contribution is -1.97. The summed E-state index contributed by atoms with van der Waals surface area (Å²) in [5.41, 5.74) is 7.62. The van der Waals surface area contributed by atoms with Gasteiger partial charge in [0.05, 0.1) is 4.90 Å². The van der Waals surface area contributed by atoms with Crippen LogP contribution in [-0.2, 0) is 6.54 Å². The van der Waals surface area contributed by atoms with Gasteiger partial charge in [-0.2, -0.15) is 0 Å². The number of carboxylic acids is 1. The molecular formula is C16H14N2O2S. The second-order valence-electron chi connectivity index (χ2n) is 4.63. The van der Waals surface area contributed by atoms with Gasteiger partial charge in [0.1, 0.15) is 5.69 Å². The number of benzene rings is 2. The predicted octanol–water partition coefficient (Wildman–Crippen LogP) is 3.48. The number of aromatic amines is 1. The van der Waals surface area contributed by atoms with Crippen LogP contribution in [0.5, 0.6) is 0 Å². The van der Waals surface area contributed by atoms with Gasteiger partial charge in [0.15, 0.2) is 0 Å². The molecule has 4 nitrogen and oxygen atoms in total. The SMILES string of the molecule is NCc1ccc2c(Sc3ccccc3)c(C(=O)O)[nH]c2c1. The number of hydrogen-bond acceptors (Lipinski definition) is 3. The molecule has 0 unspecified atom stereocenters. The Kier molecular flexibility index (Phi) is 3.68. The van der Waals surface area contributed by atoms with Crippen molar-refractivity contribution in [1.82, 2.24) is 4.98 Å². The third-order valence-electron chi connectivity index (χ3n) is 3.23. The van der Waals surface area contributed by atoms with Crippen molar-refractivity contribution < 1.29 is 9.90 Å². The Labute approximate surface area is 126 Å². The number of nitrogens with one attached hydrogen (secondary N) is 1. The first-order valence-electron chi connectivity index (χ1n) is 6.50. The van der Waals surface area contributed by atoms with Crippen LogP contribution < -0.4 is 5.73 Å². The van der Waals surface area contributed by atoms with Crippen LogP contribution >= 0.6 is 11.8 Å². The Hall–Kier alpha value is -2.24. The molecule has 0 aliphatic heterocycles. The van der Waals surface area contributed by atoms with Gasteiger partial charge in [-0.05, 0) is 23.8 Å². The Morgan fingerprint density at radius 2 is 1.95 bits per heavy atom. The normalized spacial score (nSPS) is 10.9. The molecule has 0 fully saturated rings. The van der Waals surface area contributed by atoms with Crippen molar-refractivity contribution in [2.24, 2.45) is 5.73 Å². The minimum atomic E-state index is -0.959. The highest BCUT2D eigenvalue weighted by Gasteiger charge is 2.18. The van der Waals surface area contributed by atoms with Crippen molar-refractivity contribution in [3.63, 3.8) is 0 Å². The summed E-state index contributed by atoms with van der Waals surface area (Å²) in [5.74, 6) is -0.959. The zero-order valence-corrected chi connectivity index (χ0v) is 12.0. The van der Waals surface area contributed by atoms with Gasteiger partial charge in [-0.1, -0.05) is 42.1 Å². The summed E-state index contributed by atoms with van der Waals surface area (Å²) in [5, 5.41) is 10.3. The van der Waals surface area contributed by atoms with E-state index in [-0.39, 0.29) is 5.69 Å². The first-order chi connectivity index (χ1) is 10.2. The van der Waals surface area contributed by atoms with Gasteiger partial charge in [-0.3, -0.25) is 0 Å². The van der Waals surface area contributed by atoms with E-state index in [1.807, 2.05) is 48.5 Å². The summed E-state index contributed by atoms with van der Waals surface area (Å²) in [6.45, 7) is 0.429. The van der Waals surface area contributed by atoms with Gasteiger partial charge in [-0.25, -0.2) is 4.79 Å². The van der Waals surface area contributed by atoms with Gasteiger partial charge >= 0.3 is 5.97 Å². The molecule has 0 amide bonds. The van der Waals surface area contributed by atoms with Crippen molar-refractivity contribution in [2.75, 3.05) is 0 Å². The molecule has 0 radical (unpaired) electrons. The summed E-state index contributed by atoms with van der Waals surface area (Å²) in [6, 6.07) is 15.5. The van der Waals surface area contributed by atoms with Gasteiger partial charge in [-0.15, -0.1) is 0 Å². The first kappa shape index (κ1) is 13.7. The highest BCUT2D eigenvalue weighted by molar-refractivity contribution is 7.99. The highest BCUT2D eigenvalue weighted by Crippen LogP contribution is 2.36. The van der Waals surface area contributed by atoms with Crippen molar-refractivity contribution in [3.8, 4) is 0 Å². The van der Waals surface area contributed by atoms with Gasteiger partial charge in [0.2, 0.25) is 0 Å². The van der Waals surface area contributed by atoms with Crippen LogP contribution in [0, 0.1) is 0 Å². The largest absolute Gasteiger partial charge is 0.477 e. The Bertz CT molecular complexity index is 797. The van der Waals surface area contributed by atoms with Crippen LogP contribution in [0.2, 0.25) is 0 Å². The predicted molar refractivity (Wildman–Crippen MR) is 83.7 cm³/mol. The van der Waals surface area contributed by atoms with Crippen molar-refractivity contribution in [2.45, 2.75) is 16.3 Å². The minimum Gasteiger partial charge on any atom is -0.477 e. The molecule has 0 aliphatic carbocycles. The molecule has 0 saturated carbocycles. The third-order valence-corrected chi connectivity index (χ3v) is 4.36. The Morgan fingerprint density at radius 1 is 1.19 bits per heavy atom. The zero-order valence-electron chi connectivity index (χ0n) is 11.2. The zero-order chi connectivity index (χ0) is 14.8. The first-order valence-corrected chi connectivity index (χ1v) is 7.31. The third kappa shape index (κ3) is 2.66. The summed E-state index contributed by atoms with van der Waals surface area (Å²) >= 11 is 1.45. The summed E-state index contributed by atoms with van der Waals surface area (Å²) in [4.78, 5) is 16.2. The molecule has 0 saturated heterocycles. The number of fused-ring (bicyclic) bond motifs is 1. The van der Waals surface area contributed by atoms with E-state index in [1.165, 1.54) is 11.8 Å². The lowest BCUT2D eigenvalue weighted by molar-refractivity contribution is 0.0688. The fourth-order valence-electron chi connectivity index (χ4n) is 2.21. The van der Waals surface area contributed by atoms with Crippen molar-refractivity contribution >= 4 is 28.6 Å². The fourth-order valence-corrected chi connectivity index (χ4v) is 3.27. The van der Waals surface area contributed by atoms with E-state index >= 15 is 0 Å². The average molecular weight is 298 g/mol. The molecule has 4 N–H and O–H groups in total. The lowest BCUT2D eigenvalue weighted by Gasteiger charge is -2.02. The minimum absolute atomic E-state index is 0.216. The molecule has 2 aromatic carbocycles. The monoisotopic (exact) mass is 298 g/mol. The number of aromatic nitrogens is 1. The molecule has 0 aliphatic rings. The molecule has 5 heteroatoms. The maximum Gasteiger partial charge on any atom is 0.353 e. The topological polar surface area (TPSA) is 79.1 Å². The van der Waals surface area contributed by atoms with Crippen LogP contribution in [0.15, 0.2) is 58.3 Å². The Balaban J connectivity index is 2.14. The van der Waals surface area contributed by atoms with Crippen LogP contribution in [-0.4, -0.2) is 16.1 Å². The summed E-state index contributed by atoms with van der Waals surface area (Å²) in [6.07, 6.45) is 0. The number of carbonyl (C=O) groups is 1. The van der Waals surface area contributed by atoms with Crippen molar-refractivity contribution in [3.05, 3.63) is 59.8 Å². The van der Waals surface area contributed by atoms with E-state index in [2.05, 4.69) is 4.98 Å². The molecule has 1 heterocycles. The molecule has 3 rings (SSSR count). The lowest BCUT2D eigenvalue weighted by atomic mass is 10.1. The maximum absolute atomic E-state index is 11.5. The average Bonchev–Trinajstić information content (AvgIpc) is 2.86. The van der Waals surface area contributed by atoms with E-state index in [0.717, 1.165) is 26.3 Å². The van der Waals surface area contributed by atoms with Gasteiger partial charge in [0.25, 0.3) is 0 Å². The standard InChI is InChI=1S/C16H14N2O2S/c17-9-10-6-7-12-13(8-10)18-14(16(19)20)15(12)21-11-4-2-1-3-5-11/h1-8,18H,9,17H2,(H,19,20). The summed E-state index contributed by atoms with van der Waals surface area (Å²) < 4.78 is 0. The number of carboxylic acid groups (broad SMARTS) is 1. The summed E-state index contributed by atoms with van der Waals surface area (Å²) in [7, 11) is 0. The van der Waals surface area contributed by atoms with E-state index in [9.17, 15) is 9.90 Å².